The molecule has 4 heteroatoms. The van der Waals surface area contributed by atoms with Crippen molar-refractivity contribution in [2.75, 3.05) is 6.54 Å². The molecule has 0 aliphatic heterocycles. The molecule has 92 valence electrons. The number of carbonyl (C=O) groups is 2. The van der Waals surface area contributed by atoms with Crippen molar-refractivity contribution in [3.8, 4) is 11.8 Å². The molecule has 2 amide bonds. The first-order valence-electron chi connectivity index (χ1n) is 5.42. The van der Waals surface area contributed by atoms with Gasteiger partial charge in [0.15, 0.2) is 0 Å². The lowest BCUT2D eigenvalue weighted by atomic mass is 10.1. The third kappa shape index (κ3) is 4.54. The molecule has 4 nitrogen and oxygen atoms in total. The predicted molar refractivity (Wildman–Crippen MR) is 69.7 cm³/mol. The molecule has 0 aliphatic carbocycles. The van der Waals surface area contributed by atoms with Crippen LogP contribution < -0.4 is 11.1 Å². The van der Waals surface area contributed by atoms with Gasteiger partial charge >= 0.3 is 0 Å². The Morgan fingerprint density at radius 3 is 2.56 bits per heavy atom. The zero-order valence-corrected chi connectivity index (χ0v) is 10.1. The van der Waals surface area contributed by atoms with Gasteiger partial charge in [-0.05, 0) is 37.3 Å². The lowest BCUT2D eigenvalue weighted by Crippen LogP contribution is -2.20. The minimum absolute atomic E-state index is 0.170. The second-order valence-electron chi connectivity index (χ2n) is 3.46. The molecular formula is C14H14N2O2. The average molecular weight is 242 g/mol. The van der Waals surface area contributed by atoms with E-state index in [-0.39, 0.29) is 12.5 Å². The lowest BCUT2D eigenvalue weighted by Gasteiger charge is -1.95. The second kappa shape index (κ2) is 6.92. The fourth-order valence-corrected chi connectivity index (χ4v) is 1.21. The Morgan fingerprint density at radius 2 is 2.00 bits per heavy atom. The minimum Gasteiger partial charge on any atom is -0.366 e. The zero-order chi connectivity index (χ0) is 13.4. The van der Waals surface area contributed by atoms with Crippen LogP contribution in [0.15, 0.2) is 36.4 Å². The van der Waals surface area contributed by atoms with Gasteiger partial charge in [-0.1, -0.05) is 17.9 Å². The summed E-state index contributed by atoms with van der Waals surface area (Å²) < 4.78 is 0. The van der Waals surface area contributed by atoms with Gasteiger partial charge in [0.25, 0.3) is 0 Å². The number of hydrogen-bond acceptors (Lipinski definition) is 2. The van der Waals surface area contributed by atoms with E-state index in [2.05, 4.69) is 17.2 Å². The molecule has 1 rings (SSSR count). The highest BCUT2D eigenvalue weighted by atomic mass is 16.1. The predicted octanol–water partition coefficient (Wildman–Crippen LogP) is 0.829. The van der Waals surface area contributed by atoms with Crippen LogP contribution in [-0.4, -0.2) is 18.4 Å². The van der Waals surface area contributed by atoms with Gasteiger partial charge in [0, 0.05) is 11.1 Å². The van der Waals surface area contributed by atoms with E-state index in [1.807, 2.05) is 0 Å². The molecule has 3 N–H and O–H groups in total. The summed E-state index contributed by atoms with van der Waals surface area (Å²) in [6.45, 7) is 2.05. The molecular weight excluding hydrogens is 228 g/mol. The number of nitrogens with one attached hydrogen (secondary N) is 1. The van der Waals surface area contributed by atoms with Gasteiger partial charge in [-0.25, -0.2) is 0 Å². The SMILES string of the molecule is C/C=C/C(=O)NCC#Cc1ccc(C(N)=O)cc1. The molecule has 0 heterocycles. The summed E-state index contributed by atoms with van der Waals surface area (Å²) in [5, 5.41) is 2.61. The number of rotatable bonds is 3. The van der Waals surface area contributed by atoms with E-state index in [0.717, 1.165) is 5.56 Å². The van der Waals surface area contributed by atoms with Crippen molar-refractivity contribution >= 4 is 11.8 Å². The fraction of sp³-hybridized carbons (Fsp3) is 0.143. The van der Waals surface area contributed by atoms with Gasteiger partial charge in [0.1, 0.15) is 0 Å². The quantitative estimate of drug-likeness (QED) is 0.608. The van der Waals surface area contributed by atoms with Gasteiger partial charge in [-0.15, -0.1) is 0 Å². The van der Waals surface area contributed by atoms with E-state index in [1.54, 1.807) is 37.3 Å². The Bertz CT molecular complexity index is 519. The molecule has 0 radical (unpaired) electrons. The fourth-order valence-electron chi connectivity index (χ4n) is 1.21. The normalized spacial score (nSPS) is 9.61. The Labute approximate surface area is 106 Å². The van der Waals surface area contributed by atoms with Crippen LogP contribution in [0.3, 0.4) is 0 Å². The van der Waals surface area contributed by atoms with Crippen LogP contribution in [0.25, 0.3) is 0 Å². The monoisotopic (exact) mass is 242 g/mol. The summed E-state index contributed by atoms with van der Waals surface area (Å²) in [6.07, 6.45) is 3.09. The van der Waals surface area contributed by atoms with Crippen LogP contribution in [0.2, 0.25) is 0 Å². The summed E-state index contributed by atoms with van der Waals surface area (Å²) in [5.41, 5.74) is 6.33. The van der Waals surface area contributed by atoms with Crippen LogP contribution in [0.1, 0.15) is 22.8 Å². The maximum atomic E-state index is 11.1. The highest BCUT2D eigenvalue weighted by Gasteiger charge is 1.97. The summed E-state index contributed by atoms with van der Waals surface area (Å²) in [5.74, 6) is 5.04. The first kappa shape index (κ1) is 13.5. The van der Waals surface area contributed by atoms with E-state index in [1.165, 1.54) is 6.08 Å². The van der Waals surface area contributed by atoms with Gasteiger partial charge < -0.3 is 11.1 Å². The summed E-state index contributed by atoms with van der Waals surface area (Å²) in [7, 11) is 0. The molecule has 0 saturated heterocycles. The van der Waals surface area contributed by atoms with Crippen LogP contribution in [0.4, 0.5) is 0 Å². The topological polar surface area (TPSA) is 72.2 Å². The summed E-state index contributed by atoms with van der Waals surface area (Å²) in [4.78, 5) is 21.9. The van der Waals surface area contributed by atoms with Gasteiger partial charge in [-0.3, -0.25) is 9.59 Å². The molecule has 0 aliphatic rings. The number of amides is 2. The maximum absolute atomic E-state index is 11.1. The van der Waals surface area contributed by atoms with E-state index in [0.29, 0.717) is 5.56 Å². The largest absolute Gasteiger partial charge is 0.366 e. The smallest absolute Gasteiger partial charge is 0.248 e. The van der Waals surface area contributed by atoms with Gasteiger partial charge in [0.2, 0.25) is 11.8 Å². The van der Waals surface area contributed by atoms with E-state index >= 15 is 0 Å². The van der Waals surface area contributed by atoms with E-state index in [9.17, 15) is 9.59 Å². The Morgan fingerprint density at radius 1 is 1.33 bits per heavy atom. The van der Waals surface area contributed by atoms with Crippen LogP contribution >= 0.6 is 0 Å². The van der Waals surface area contributed by atoms with E-state index < -0.39 is 5.91 Å². The van der Waals surface area contributed by atoms with Crippen molar-refractivity contribution in [2.24, 2.45) is 5.73 Å². The number of hydrogen-bond donors (Lipinski definition) is 2. The highest BCUT2D eigenvalue weighted by molar-refractivity contribution is 5.92. The molecule has 1 aromatic carbocycles. The molecule has 0 saturated carbocycles. The Kier molecular flexibility index (Phi) is 5.20. The van der Waals surface area contributed by atoms with Crippen molar-refractivity contribution < 1.29 is 9.59 Å². The van der Waals surface area contributed by atoms with Crippen molar-refractivity contribution in [3.05, 3.63) is 47.5 Å². The Balaban J connectivity index is 2.53. The number of nitrogens with two attached hydrogens (primary N) is 1. The number of benzene rings is 1. The molecule has 0 atom stereocenters. The Hall–Kier alpha value is -2.54. The molecule has 1 aromatic rings. The van der Waals surface area contributed by atoms with Crippen LogP contribution in [-0.2, 0) is 4.79 Å². The van der Waals surface area contributed by atoms with Gasteiger partial charge in [0.05, 0.1) is 6.54 Å². The van der Waals surface area contributed by atoms with Crippen molar-refractivity contribution in [2.45, 2.75) is 6.92 Å². The molecule has 0 fully saturated rings. The molecule has 0 spiro atoms. The van der Waals surface area contributed by atoms with Gasteiger partial charge in [-0.2, -0.15) is 0 Å². The van der Waals surface area contributed by atoms with Crippen LogP contribution in [0.5, 0.6) is 0 Å². The summed E-state index contributed by atoms with van der Waals surface area (Å²) >= 11 is 0. The zero-order valence-electron chi connectivity index (χ0n) is 10.1. The first-order valence-corrected chi connectivity index (χ1v) is 5.42. The molecule has 0 aromatic heterocycles. The molecule has 0 bridgehead atoms. The standard InChI is InChI=1S/C14H14N2O2/c1-2-4-13(17)16-10-3-5-11-6-8-12(9-7-11)14(15)18/h2,4,6-9H,10H2,1H3,(H2,15,18)(H,16,17)/b4-2+. The summed E-state index contributed by atoms with van der Waals surface area (Å²) in [6, 6.07) is 6.65. The second-order valence-corrected chi connectivity index (χ2v) is 3.46. The van der Waals surface area contributed by atoms with E-state index in [4.69, 9.17) is 5.73 Å². The molecule has 18 heavy (non-hydrogen) atoms. The third-order valence-corrected chi connectivity index (χ3v) is 2.07. The van der Waals surface area contributed by atoms with Crippen molar-refractivity contribution in [1.29, 1.82) is 0 Å². The highest BCUT2D eigenvalue weighted by Crippen LogP contribution is 2.01. The van der Waals surface area contributed by atoms with Crippen LogP contribution in [0, 0.1) is 11.8 Å². The first-order chi connectivity index (χ1) is 8.63. The lowest BCUT2D eigenvalue weighted by molar-refractivity contribution is -0.116. The minimum atomic E-state index is -0.465. The number of allylic oxidation sites excluding steroid dienone is 1. The van der Waals surface area contributed by atoms with Crippen molar-refractivity contribution in [3.63, 3.8) is 0 Å². The number of carbonyl (C=O) groups excluding carboxylic acids is 2. The third-order valence-electron chi connectivity index (χ3n) is 2.07. The average Bonchev–Trinajstić information content (AvgIpc) is 2.35. The maximum Gasteiger partial charge on any atom is 0.248 e. The number of primary amides is 1. The van der Waals surface area contributed by atoms with Crippen molar-refractivity contribution in [1.82, 2.24) is 5.32 Å². The molecule has 0 unspecified atom stereocenters.